The number of hydrogen-bond donors (Lipinski definition) is 0. The molecule has 0 N–H and O–H groups in total. The Bertz CT molecular complexity index is 571. The van der Waals surface area contributed by atoms with E-state index < -0.39 is 0 Å². The fraction of sp³-hybridized carbons (Fsp3) is 0.429. The molecule has 1 aliphatic rings. The SMILES string of the molecule is C/C=C\C[C@@H](C)[C@@H](C)C1=C(C)c2ccccc2C=CC1C. The minimum absolute atomic E-state index is 0.514. The first-order valence-electron chi connectivity index (χ1n) is 8.15. The number of hydrogen-bond acceptors (Lipinski definition) is 0. The maximum absolute atomic E-state index is 2.39. The summed E-state index contributed by atoms with van der Waals surface area (Å²) >= 11 is 0. The molecular formula is C21H28. The summed E-state index contributed by atoms with van der Waals surface area (Å²) in [6.07, 6.45) is 10.3. The van der Waals surface area contributed by atoms with Gasteiger partial charge in [0.15, 0.2) is 0 Å². The summed E-state index contributed by atoms with van der Waals surface area (Å²) in [6, 6.07) is 8.76. The molecule has 3 atom stereocenters. The highest BCUT2D eigenvalue weighted by molar-refractivity contribution is 5.78. The van der Waals surface area contributed by atoms with Gasteiger partial charge in [-0.25, -0.2) is 0 Å². The lowest BCUT2D eigenvalue weighted by molar-refractivity contribution is 0.424. The highest BCUT2D eigenvalue weighted by atomic mass is 14.3. The van der Waals surface area contributed by atoms with E-state index in [9.17, 15) is 0 Å². The van der Waals surface area contributed by atoms with E-state index in [0.29, 0.717) is 17.8 Å². The molecule has 112 valence electrons. The number of allylic oxidation sites excluding steroid dienone is 5. The van der Waals surface area contributed by atoms with E-state index in [4.69, 9.17) is 0 Å². The molecule has 0 nitrogen and oxygen atoms in total. The topological polar surface area (TPSA) is 0 Å². The Morgan fingerprint density at radius 2 is 1.90 bits per heavy atom. The van der Waals surface area contributed by atoms with Gasteiger partial charge >= 0.3 is 0 Å². The Kier molecular flexibility index (Phi) is 5.22. The van der Waals surface area contributed by atoms with Crippen molar-refractivity contribution in [2.24, 2.45) is 17.8 Å². The standard InChI is InChI=1S/C21H28/c1-6-7-10-15(2)17(4)21-16(3)13-14-19-11-8-9-12-20(19)18(21)5/h6-9,11-17H,10H2,1-5H3/b7-6-/t15-,16?,17-/m1/s1. The van der Waals surface area contributed by atoms with Gasteiger partial charge in [0.25, 0.3) is 0 Å². The minimum atomic E-state index is 0.514. The maximum Gasteiger partial charge on any atom is -0.00396 e. The quantitative estimate of drug-likeness (QED) is 0.563. The molecule has 0 aliphatic heterocycles. The van der Waals surface area contributed by atoms with Crippen LogP contribution in [0.15, 0.2) is 48.1 Å². The summed E-state index contributed by atoms with van der Waals surface area (Å²) in [4.78, 5) is 0. The molecule has 0 saturated carbocycles. The van der Waals surface area contributed by atoms with Crippen LogP contribution in [-0.2, 0) is 0 Å². The molecule has 0 aromatic heterocycles. The van der Waals surface area contributed by atoms with Gasteiger partial charge in [-0.1, -0.05) is 74.9 Å². The number of fused-ring (bicyclic) bond motifs is 1. The maximum atomic E-state index is 2.39. The lowest BCUT2D eigenvalue weighted by Gasteiger charge is -2.27. The van der Waals surface area contributed by atoms with Gasteiger partial charge in [-0.05, 0) is 54.7 Å². The van der Waals surface area contributed by atoms with Gasteiger partial charge in [0.05, 0.1) is 0 Å². The predicted octanol–water partition coefficient (Wildman–Crippen LogP) is 6.36. The first-order chi connectivity index (χ1) is 10.1. The van der Waals surface area contributed by atoms with Crippen LogP contribution in [0, 0.1) is 17.8 Å². The van der Waals surface area contributed by atoms with Gasteiger partial charge < -0.3 is 0 Å². The second-order valence-electron chi connectivity index (χ2n) is 6.39. The van der Waals surface area contributed by atoms with E-state index in [0.717, 1.165) is 6.42 Å². The molecule has 1 unspecified atom stereocenters. The van der Waals surface area contributed by atoms with Crippen molar-refractivity contribution in [2.75, 3.05) is 0 Å². The van der Waals surface area contributed by atoms with Crippen molar-refractivity contribution in [1.29, 1.82) is 0 Å². The summed E-state index contributed by atoms with van der Waals surface area (Å²) in [7, 11) is 0. The molecule has 0 fully saturated rings. The molecular weight excluding hydrogens is 252 g/mol. The van der Waals surface area contributed by atoms with Crippen molar-refractivity contribution in [3.8, 4) is 0 Å². The van der Waals surface area contributed by atoms with Gasteiger partial charge in [-0.2, -0.15) is 0 Å². The zero-order chi connectivity index (χ0) is 15.4. The van der Waals surface area contributed by atoms with Crippen molar-refractivity contribution in [3.05, 3.63) is 59.2 Å². The van der Waals surface area contributed by atoms with Gasteiger partial charge in [-0.3, -0.25) is 0 Å². The lowest BCUT2D eigenvalue weighted by Crippen LogP contribution is -2.15. The van der Waals surface area contributed by atoms with E-state index in [1.54, 1.807) is 5.57 Å². The van der Waals surface area contributed by atoms with Crippen molar-refractivity contribution >= 4 is 11.6 Å². The van der Waals surface area contributed by atoms with Crippen molar-refractivity contribution in [1.82, 2.24) is 0 Å². The van der Waals surface area contributed by atoms with Crippen LogP contribution in [0.2, 0.25) is 0 Å². The van der Waals surface area contributed by atoms with Crippen molar-refractivity contribution in [3.63, 3.8) is 0 Å². The van der Waals surface area contributed by atoms with Gasteiger partial charge in [0, 0.05) is 0 Å². The molecule has 1 aromatic carbocycles. The van der Waals surface area contributed by atoms with Crippen LogP contribution in [-0.4, -0.2) is 0 Å². The Hall–Kier alpha value is -1.56. The normalized spacial score (nSPS) is 21.3. The highest BCUT2D eigenvalue weighted by Crippen LogP contribution is 2.38. The lowest BCUT2D eigenvalue weighted by atomic mass is 9.78. The van der Waals surface area contributed by atoms with Gasteiger partial charge in [0.1, 0.15) is 0 Å². The molecule has 0 bridgehead atoms. The molecule has 1 aliphatic carbocycles. The van der Waals surface area contributed by atoms with E-state index in [1.807, 2.05) is 0 Å². The van der Waals surface area contributed by atoms with Crippen LogP contribution >= 0.6 is 0 Å². The van der Waals surface area contributed by atoms with Crippen molar-refractivity contribution in [2.45, 2.75) is 41.0 Å². The zero-order valence-corrected chi connectivity index (χ0v) is 14.1. The van der Waals surface area contributed by atoms with Gasteiger partial charge in [-0.15, -0.1) is 0 Å². The highest BCUT2D eigenvalue weighted by Gasteiger charge is 2.24. The molecule has 0 saturated heterocycles. The molecule has 1 aromatic rings. The monoisotopic (exact) mass is 280 g/mol. The van der Waals surface area contributed by atoms with Gasteiger partial charge in [0.2, 0.25) is 0 Å². The van der Waals surface area contributed by atoms with Crippen LogP contribution < -0.4 is 0 Å². The molecule has 21 heavy (non-hydrogen) atoms. The largest absolute Gasteiger partial charge is 0.0917 e. The summed E-state index contributed by atoms with van der Waals surface area (Å²) in [5.41, 5.74) is 5.83. The fourth-order valence-corrected chi connectivity index (χ4v) is 3.45. The Morgan fingerprint density at radius 3 is 2.62 bits per heavy atom. The van der Waals surface area contributed by atoms with Crippen LogP contribution in [0.25, 0.3) is 11.6 Å². The third-order valence-electron chi connectivity index (χ3n) is 4.94. The Balaban J connectivity index is 2.43. The average molecular weight is 280 g/mol. The van der Waals surface area contributed by atoms with E-state index in [2.05, 4.69) is 83.2 Å². The summed E-state index contributed by atoms with van der Waals surface area (Å²) < 4.78 is 0. The predicted molar refractivity (Wildman–Crippen MR) is 95.0 cm³/mol. The Labute approximate surface area is 130 Å². The van der Waals surface area contributed by atoms with Crippen LogP contribution in [0.4, 0.5) is 0 Å². The number of rotatable bonds is 4. The number of benzene rings is 1. The smallest absolute Gasteiger partial charge is 0.00396 e. The van der Waals surface area contributed by atoms with Crippen molar-refractivity contribution < 1.29 is 0 Å². The summed E-state index contributed by atoms with van der Waals surface area (Å²) in [6.45, 7) is 11.5. The third kappa shape index (κ3) is 3.37. The second-order valence-corrected chi connectivity index (χ2v) is 6.39. The molecule has 0 heterocycles. The van der Waals surface area contributed by atoms with Crippen LogP contribution in [0.5, 0.6) is 0 Å². The van der Waals surface area contributed by atoms with E-state index in [-0.39, 0.29) is 0 Å². The molecule has 2 rings (SSSR count). The second kappa shape index (κ2) is 6.93. The Morgan fingerprint density at radius 1 is 1.19 bits per heavy atom. The molecule has 0 amide bonds. The van der Waals surface area contributed by atoms with E-state index in [1.165, 1.54) is 16.7 Å². The summed E-state index contributed by atoms with van der Waals surface area (Å²) in [5.74, 6) is 1.79. The molecule has 0 heteroatoms. The zero-order valence-electron chi connectivity index (χ0n) is 14.1. The molecule has 0 spiro atoms. The van der Waals surface area contributed by atoms with Crippen LogP contribution in [0.1, 0.15) is 52.2 Å². The first-order valence-corrected chi connectivity index (χ1v) is 8.15. The minimum Gasteiger partial charge on any atom is -0.0917 e. The average Bonchev–Trinajstić information content (AvgIpc) is 2.62. The fourth-order valence-electron chi connectivity index (χ4n) is 3.45. The third-order valence-corrected chi connectivity index (χ3v) is 4.94. The molecule has 0 radical (unpaired) electrons. The van der Waals surface area contributed by atoms with E-state index >= 15 is 0 Å². The van der Waals surface area contributed by atoms with Crippen LogP contribution in [0.3, 0.4) is 0 Å². The summed E-state index contributed by atoms with van der Waals surface area (Å²) in [5, 5.41) is 0. The first kappa shape index (κ1) is 15.8.